The molecule has 1 aromatic carbocycles. The highest BCUT2D eigenvalue weighted by Gasteiger charge is 2.31. The summed E-state index contributed by atoms with van der Waals surface area (Å²) < 4.78 is 2.09. The minimum atomic E-state index is 0.0742. The number of aromatic nitrogens is 4. The molecule has 1 aliphatic heterocycles. The molecule has 0 radical (unpaired) electrons. The third-order valence-electron chi connectivity index (χ3n) is 5.26. The fraction of sp³-hybridized carbons (Fsp3) is 0.450. The van der Waals surface area contributed by atoms with E-state index in [1.54, 1.807) is 6.20 Å². The summed E-state index contributed by atoms with van der Waals surface area (Å²) >= 11 is 0. The van der Waals surface area contributed by atoms with E-state index >= 15 is 0 Å². The van der Waals surface area contributed by atoms with Gasteiger partial charge in [0.05, 0.1) is 17.1 Å². The second-order valence-electron chi connectivity index (χ2n) is 7.16. The molecule has 2 aromatic heterocycles. The average Bonchev–Trinajstić information content (AvgIpc) is 3.33. The van der Waals surface area contributed by atoms with Crippen LogP contribution in [0.4, 0.5) is 0 Å². The summed E-state index contributed by atoms with van der Waals surface area (Å²) in [6.07, 6.45) is 7.18. The van der Waals surface area contributed by atoms with Gasteiger partial charge in [0, 0.05) is 31.9 Å². The largest absolute Gasteiger partial charge is 0.340 e. The first-order chi connectivity index (χ1) is 12.6. The van der Waals surface area contributed by atoms with Gasteiger partial charge >= 0.3 is 0 Å². The van der Waals surface area contributed by atoms with Crippen LogP contribution in [0.3, 0.4) is 0 Å². The Hall–Kier alpha value is -2.63. The number of hydrogen-bond donors (Lipinski definition) is 1. The number of nitrogens with one attached hydrogen (secondary N) is 1. The number of amides is 1. The Morgan fingerprint density at radius 1 is 1.35 bits per heavy atom. The topological polar surface area (TPSA) is 66.8 Å². The Balaban J connectivity index is 1.43. The molecule has 1 fully saturated rings. The summed E-state index contributed by atoms with van der Waals surface area (Å²) in [6, 6.07) is 6.30. The number of carbonyl (C=O) groups excluding carboxylic acids is 1. The zero-order chi connectivity index (χ0) is 18.1. The molecule has 6 heteroatoms. The van der Waals surface area contributed by atoms with Crippen molar-refractivity contribution in [3.63, 3.8) is 0 Å². The molecule has 1 atom stereocenters. The van der Waals surface area contributed by atoms with Gasteiger partial charge in [-0.2, -0.15) is 0 Å². The van der Waals surface area contributed by atoms with Gasteiger partial charge in [-0.1, -0.05) is 6.07 Å². The Bertz CT molecular complexity index is 925. The fourth-order valence-corrected chi connectivity index (χ4v) is 3.83. The van der Waals surface area contributed by atoms with Crippen molar-refractivity contribution in [2.45, 2.75) is 52.1 Å². The maximum atomic E-state index is 12.8. The zero-order valence-corrected chi connectivity index (χ0v) is 15.4. The number of aromatic amines is 1. The van der Waals surface area contributed by atoms with Crippen LogP contribution in [0, 0.1) is 13.8 Å². The molecule has 0 unspecified atom stereocenters. The monoisotopic (exact) mass is 351 g/mol. The lowest BCUT2D eigenvalue weighted by molar-refractivity contribution is -0.132. The number of likely N-dealkylation sites (tertiary alicyclic amines) is 1. The van der Waals surface area contributed by atoms with Crippen LogP contribution in [-0.4, -0.2) is 36.9 Å². The zero-order valence-electron chi connectivity index (χ0n) is 15.4. The quantitative estimate of drug-likeness (QED) is 0.765. The van der Waals surface area contributed by atoms with Crippen molar-refractivity contribution in [1.82, 2.24) is 24.4 Å². The molecule has 0 bridgehead atoms. The maximum Gasteiger partial charge on any atom is 0.223 e. The van der Waals surface area contributed by atoms with Crippen LogP contribution < -0.4 is 0 Å². The van der Waals surface area contributed by atoms with Gasteiger partial charge in [-0.25, -0.2) is 9.97 Å². The number of carbonyl (C=O) groups is 1. The first kappa shape index (κ1) is 16.8. The van der Waals surface area contributed by atoms with Crippen molar-refractivity contribution in [3.8, 4) is 0 Å². The smallest absolute Gasteiger partial charge is 0.223 e. The molecule has 6 nitrogen and oxygen atoms in total. The van der Waals surface area contributed by atoms with E-state index in [0.29, 0.717) is 6.42 Å². The fourth-order valence-electron chi connectivity index (χ4n) is 3.83. The van der Waals surface area contributed by atoms with Crippen LogP contribution in [0.1, 0.15) is 48.9 Å². The molecular formula is C20H25N5O. The van der Waals surface area contributed by atoms with Crippen LogP contribution in [0.2, 0.25) is 0 Å². The summed E-state index contributed by atoms with van der Waals surface area (Å²) in [7, 11) is 0. The summed E-state index contributed by atoms with van der Waals surface area (Å²) in [5, 5.41) is 0. The summed E-state index contributed by atoms with van der Waals surface area (Å²) in [4.78, 5) is 27.2. The van der Waals surface area contributed by atoms with Crippen LogP contribution >= 0.6 is 0 Å². The predicted octanol–water partition coefficient (Wildman–Crippen LogP) is 3.52. The van der Waals surface area contributed by atoms with E-state index in [2.05, 4.69) is 33.6 Å². The lowest BCUT2D eigenvalue weighted by atomic mass is 10.2. The highest BCUT2D eigenvalue weighted by atomic mass is 16.2. The second kappa shape index (κ2) is 6.94. The molecule has 1 saturated heterocycles. The Kier molecular flexibility index (Phi) is 4.49. The molecule has 136 valence electrons. The van der Waals surface area contributed by atoms with Crippen molar-refractivity contribution in [3.05, 3.63) is 47.8 Å². The SMILES string of the molecule is Cc1ccc2nc([C@H]3CCCN3C(=O)CCCn3ccnc3C)[nH]c2c1. The van der Waals surface area contributed by atoms with Crippen LogP contribution in [0.25, 0.3) is 11.0 Å². The van der Waals surface area contributed by atoms with Crippen molar-refractivity contribution >= 4 is 16.9 Å². The molecule has 26 heavy (non-hydrogen) atoms. The number of aryl methyl sites for hydroxylation is 3. The van der Waals surface area contributed by atoms with Gasteiger partial charge in [0.25, 0.3) is 0 Å². The van der Waals surface area contributed by atoms with E-state index in [1.807, 2.05) is 24.1 Å². The van der Waals surface area contributed by atoms with Crippen LogP contribution in [-0.2, 0) is 11.3 Å². The Morgan fingerprint density at radius 3 is 3.04 bits per heavy atom. The predicted molar refractivity (Wildman–Crippen MR) is 101 cm³/mol. The van der Waals surface area contributed by atoms with E-state index in [0.717, 1.165) is 55.0 Å². The number of fused-ring (bicyclic) bond motifs is 1. The number of imidazole rings is 2. The normalized spacial score (nSPS) is 17.3. The van der Waals surface area contributed by atoms with Crippen molar-refractivity contribution in [2.75, 3.05) is 6.54 Å². The van der Waals surface area contributed by atoms with Gasteiger partial charge in [0.15, 0.2) is 0 Å². The van der Waals surface area contributed by atoms with E-state index in [4.69, 9.17) is 4.98 Å². The number of hydrogen-bond acceptors (Lipinski definition) is 3. The molecule has 0 aliphatic carbocycles. The highest BCUT2D eigenvalue weighted by Crippen LogP contribution is 2.32. The van der Waals surface area contributed by atoms with Crippen molar-refractivity contribution in [2.24, 2.45) is 0 Å². The van der Waals surface area contributed by atoms with E-state index in [1.165, 1.54) is 5.56 Å². The molecule has 3 heterocycles. The lowest BCUT2D eigenvalue weighted by Crippen LogP contribution is -2.31. The van der Waals surface area contributed by atoms with Crippen molar-refractivity contribution < 1.29 is 4.79 Å². The Morgan fingerprint density at radius 2 is 2.23 bits per heavy atom. The van der Waals surface area contributed by atoms with Crippen LogP contribution in [0.5, 0.6) is 0 Å². The average molecular weight is 351 g/mol. The molecular weight excluding hydrogens is 326 g/mol. The van der Waals surface area contributed by atoms with Crippen LogP contribution in [0.15, 0.2) is 30.6 Å². The molecule has 1 aliphatic rings. The van der Waals surface area contributed by atoms with Gasteiger partial charge in [0.2, 0.25) is 5.91 Å². The highest BCUT2D eigenvalue weighted by molar-refractivity contribution is 5.78. The number of H-pyrrole nitrogens is 1. The van der Waals surface area contributed by atoms with Gasteiger partial charge in [-0.15, -0.1) is 0 Å². The molecule has 1 amide bonds. The van der Waals surface area contributed by atoms with E-state index in [9.17, 15) is 4.79 Å². The number of benzene rings is 1. The molecule has 0 saturated carbocycles. The van der Waals surface area contributed by atoms with Crippen molar-refractivity contribution in [1.29, 1.82) is 0 Å². The third-order valence-corrected chi connectivity index (χ3v) is 5.26. The first-order valence-electron chi connectivity index (χ1n) is 9.35. The maximum absolute atomic E-state index is 12.8. The van der Waals surface area contributed by atoms with Gasteiger partial charge in [0.1, 0.15) is 11.6 Å². The second-order valence-corrected chi connectivity index (χ2v) is 7.16. The molecule has 0 spiro atoms. The summed E-state index contributed by atoms with van der Waals surface area (Å²) in [5.41, 5.74) is 3.23. The van der Waals surface area contributed by atoms with Gasteiger partial charge in [-0.05, 0) is 50.8 Å². The van der Waals surface area contributed by atoms with Gasteiger partial charge in [-0.3, -0.25) is 4.79 Å². The molecule has 4 rings (SSSR count). The van der Waals surface area contributed by atoms with E-state index in [-0.39, 0.29) is 11.9 Å². The molecule has 1 N–H and O–H groups in total. The Labute approximate surface area is 153 Å². The van der Waals surface area contributed by atoms with Gasteiger partial charge < -0.3 is 14.5 Å². The summed E-state index contributed by atoms with van der Waals surface area (Å²) in [6.45, 7) is 5.72. The minimum Gasteiger partial charge on any atom is -0.340 e. The first-order valence-corrected chi connectivity index (χ1v) is 9.35. The number of nitrogens with zero attached hydrogens (tertiary/aromatic N) is 4. The standard InChI is InChI=1S/C20H25N5O/c1-14-7-8-16-17(13-14)23-20(22-16)18-5-3-11-25(18)19(26)6-4-10-24-12-9-21-15(24)2/h7-9,12-13,18H,3-6,10-11H2,1-2H3,(H,22,23)/t18-/m1/s1. The third kappa shape index (κ3) is 3.23. The number of rotatable bonds is 5. The minimum absolute atomic E-state index is 0.0742. The lowest BCUT2D eigenvalue weighted by Gasteiger charge is -2.23. The molecule has 3 aromatic rings. The van der Waals surface area contributed by atoms with E-state index < -0.39 is 0 Å². The summed E-state index contributed by atoms with van der Waals surface area (Å²) in [5.74, 6) is 2.14.